The molecular formula is C27H33ClN4O4S. The minimum absolute atomic E-state index is 0.0530. The second kappa shape index (κ2) is 12.6. The molecule has 198 valence electrons. The summed E-state index contributed by atoms with van der Waals surface area (Å²) in [5.74, 6) is 0.0956. The van der Waals surface area contributed by atoms with E-state index >= 15 is 0 Å². The van der Waals surface area contributed by atoms with Crippen molar-refractivity contribution in [3.63, 3.8) is 0 Å². The Kier molecular flexibility index (Phi) is 9.23. The Morgan fingerprint density at radius 2 is 1.78 bits per heavy atom. The number of amides is 2. The number of sulfonamides is 1. The molecule has 2 heterocycles. The van der Waals surface area contributed by atoms with Crippen molar-refractivity contribution in [1.29, 1.82) is 0 Å². The van der Waals surface area contributed by atoms with Crippen LogP contribution in [-0.2, 0) is 14.8 Å². The summed E-state index contributed by atoms with van der Waals surface area (Å²) in [7, 11) is -4.08. The van der Waals surface area contributed by atoms with E-state index in [0.717, 1.165) is 25.8 Å². The van der Waals surface area contributed by atoms with Gasteiger partial charge in [0.2, 0.25) is 5.91 Å². The molecule has 2 amide bonds. The third-order valence-corrected chi connectivity index (χ3v) is 9.01. The molecule has 1 unspecified atom stereocenters. The predicted molar refractivity (Wildman–Crippen MR) is 145 cm³/mol. The number of nitrogens with one attached hydrogen (secondary N) is 2. The Hall–Kier alpha value is -2.88. The summed E-state index contributed by atoms with van der Waals surface area (Å²) in [5, 5.41) is 6.19. The van der Waals surface area contributed by atoms with Gasteiger partial charge in [-0.2, -0.15) is 0 Å². The molecule has 2 aromatic carbocycles. The number of piperidine rings is 1. The molecule has 0 saturated carbocycles. The maximum absolute atomic E-state index is 13.8. The lowest BCUT2D eigenvalue weighted by Crippen LogP contribution is -2.41. The lowest BCUT2D eigenvalue weighted by atomic mass is 9.94. The molecule has 4 rings (SSSR count). The molecule has 1 fully saturated rings. The molecule has 2 N–H and O–H groups in total. The number of hydrogen-bond donors (Lipinski definition) is 2. The van der Waals surface area contributed by atoms with Crippen LogP contribution in [0.1, 0.15) is 36.0 Å². The summed E-state index contributed by atoms with van der Waals surface area (Å²) in [5.41, 5.74) is 0.713. The van der Waals surface area contributed by atoms with E-state index in [1.807, 2.05) is 17.0 Å². The van der Waals surface area contributed by atoms with Crippen LogP contribution in [0, 0.1) is 5.92 Å². The van der Waals surface area contributed by atoms with E-state index in [1.165, 1.54) is 22.5 Å². The van der Waals surface area contributed by atoms with Gasteiger partial charge in [0.25, 0.3) is 15.9 Å². The van der Waals surface area contributed by atoms with E-state index in [0.29, 0.717) is 44.2 Å². The van der Waals surface area contributed by atoms with Crippen molar-refractivity contribution in [3.8, 4) is 0 Å². The minimum Gasteiger partial charge on any atom is -0.352 e. The van der Waals surface area contributed by atoms with Gasteiger partial charge in [0.1, 0.15) is 4.90 Å². The van der Waals surface area contributed by atoms with Gasteiger partial charge >= 0.3 is 0 Å². The molecule has 8 nitrogen and oxygen atoms in total. The van der Waals surface area contributed by atoms with Crippen LogP contribution >= 0.6 is 11.6 Å². The van der Waals surface area contributed by atoms with Gasteiger partial charge in [0.05, 0.1) is 17.3 Å². The van der Waals surface area contributed by atoms with E-state index in [2.05, 4.69) is 10.6 Å². The second-order valence-corrected chi connectivity index (χ2v) is 11.6. The van der Waals surface area contributed by atoms with E-state index in [9.17, 15) is 18.0 Å². The SMILES string of the molecule is O=C1NCCC2CCCN(C2)C(=O)CCNC/C=C/CN(c2ccccc2)S(=O)(=O)c2cc1ccc2Cl. The first kappa shape index (κ1) is 27.2. The third kappa shape index (κ3) is 6.91. The highest BCUT2D eigenvalue weighted by Crippen LogP contribution is 2.29. The van der Waals surface area contributed by atoms with Crippen LogP contribution in [0.15, 0.2) is 65.6 Å². The zero-order valence-electron chi connectivity index (χ0n) is 20.7. The largest absolute Gasteiger partial charge is 0.352 e. The average Bonchev–Trinajstić information content (AvgIpc) is 2.90. The molecule has 0 radical (unpaired) electrons. The molecule has 2 aliphatic rings. The number of anilines is 1. The maximum atomic E-state index is 13.8. The number of halogens is 1. The molecule has 0 spiro atoms. The van der Waals surface area contributed by atoms with E-state index in [1.54, 1.807) is 30.3 Å². The Labute approximate surface area is 223 Å². The Morgan fingerprint density at radius 3 is 2.59 bits per heavy atom. The minimum atomic E-state index is -4.08. The number of carbonyl (C=O) groups excluding carboxylic acids is 2. The number of hydrogen-bond acceptors (Lipinski definition) is 5. The van der Waals surface area contributed by atoms with Crippen LogP contribution in [-0.4, -0.2) is 64.4 Å². The Morgan fingerprint density at radius 1 is 0.973 bits per heavy atom. The molecule has 1 atom stereocenters. The van der Waals surface area contributed by atoms with Crippen LogP contribution < -0.4 is 14.9 Å². The Bertz CT molecular complexity index is 1240. The van der Waals surface area contributed by atoms with Crippen molar-refractivity contribution in [2.24, 2.45) is 5.92 Å². The molecule has 2 aliphatic heterocycles. The van der Waals surface area contributed by atoms with E-state index < -0.39 is 10.0 Å². The van der Waals surface area contributed by atoms with Crippen LogP contribution in [0.5, 0.6) is 0 Å². The van der Waals surface area contributed by atoms with Gasteiger partial charge in [-0.3, -0.25) is 13.9 Å². The molecular weight excluding hydrogens is 512 g/mol. The lowest BCUT2D eigenvalue weighted by Gasteiger charge is -2.33. The fourth-order valence-corrected chi connectivity index (χ4v) is 6.63. The highest BCUT2D eigenvalue weighted by Gasteiger charge is 2.28. The number of nitrogens with zero attached hydrogens (tertiary/aromatic N) is 2. The van der Waals surface area contributed by atoms with Crippen LogP contribution in [0.4, 0.5) is 5.69 Å². The van der Waals surface area contributed by atoms with Crippen LogP contribution in [0.3, 0.4) is 0 Å². The average molecular weight is 545 g/mol. The quantitative estimate of drug-likeness (QED) is 0.536. The normalized spacial score (nSPS) is 22.7. The highest BCUT2D eigenvalue weighted by atomic mass is 35.5. The monoisotopic (exact) mass is 544 g/mol. The molecule has 0 aliphatic carbocycles. The summed E-state index contributed by atoms with van der Waals surface area (Å²) in [6.07, 6.45) is 6.74. The number of carbonyl (C=O) groups is 2. The topological polar surface area (TPSA) is 98.8 Å². The smallest absolute Gasteiger partial charge is 0.266 e. The van der Waals surface area contributed by atoms with Crippen molar-refractivity contribution in [1.82, 2.24) is 15.5 Å². The fraction of sp³-hybridized carbons (Fsp3) is 0.407. The van der Waals surface area contributed by atoms with E-state index in [-0.39, 0.29) is 33.8 Å². The fourth-order valence-electron chi connectivity index (χ4n) is 4.71. The van der Waals surface area contributed by atoms with Gasteiger partial charge in [-0.1, -0.05) is 42.0 Å². The number of benzene rings is 2. The predicted octanol–water partition coefficient (Wildman–Crippen LogP) is 3.44. The van der Waals surface area contributed by atoms with Crippen molar-refractivity contribution in [2.45, 2.75) is 30.6 Å². The zero-order valence-corrected chi connectivity index (χ0v) is 22.3. The highest BCUT2D eigenvalue weighted by molar-refractivity contribution is 7.93. The van der Waals surface area contributed by atoms with Gasteiger partial charge in [0.15, 0.2) is 0 Å². The maximum Gasteiger partial charge on any atom is 0.266 e. The molecule has 0 aromatic heterocycles. The molecule has 10 heteroatoms. The van der Waals surface area contributed by atoms with Crippen LogP contribution in [0.25, 0.3) is 0 Å². The molecule has 1 saturated heterocycles. The second-order valence-electron chi connectivity index (χ2n) is 9.34. The summed E-state index contributed by atoms with van der Waals surface area (Å²) in [6, 6.07) is 13.1. The van der Waals surface area contributed by atoms with Gasteiger partial charge in [-0.05, 0) is 55.5 Å². The first-order valence-corrected chi connectivity index (χ1v) is 14.5. The Balaban J connectivity index is 1.63. The van der Waals surface area contributed by atoms with Gasteiger partial charge in [-0.15, -0.1) is 0 Å². The summed E-state index contributed by atoms with van der Waals surface area (Å²) in [4.78, 5) is 27.4. The standard InChI is InChI=1S/C27H33ClN4O4S/c28-24-11-10-22-19-25(24)37(35,36)32(23-8-2-1-3-9-23)18-5-4-14-29-15-13-26(33)31-17-6-7-21(20-31)12-16-30-27(22)34/h1-5,8-11,19,21,29H,6-7,12-18,20H2,(H,30,34)/b5-4+. The van der Waals surface area contributed by atoms with Crippen molar-refractivity contribution in [3.05, 3.63) is 71.3 Å². The van der Waals surface area contributed by atoms with Crippen molar-refractivity contribution >= 4 is 39.1 Å². The number of rotatable bonds is 1. The van der Waals surface area contributed by atoms with E-state index in [4.69, 9.17) is 11.6 Å². The lowest BCUT2D eigenvalue weighted by molar-refractivity contribution is -0.132. The van der Waals surface area contributed by atoms with Gasteiger partial charge in [-0.25, -0.2) is 8.42 Å². The van der Waals surface area contributed by atoms with Gasteiger partial charge in [0, 0.05) is 44.7 Å². The van der Waals surface area contributed by atoms with Crippen molar-refractivity contribution in [2.75, 3.05) is 43.6 Å². The number of para-hydroxylation sites is 1. The summed E-state index contributed by atoms with van der Waals surface area (Å²) < 4.78 is 28.8. The summed E-state index contributed by atoms with van der Waals surface area (Å²) in [6.45, 7) is 3.05. The zero-order chi connectivity index (χ0) is 26.3. The van der Waals surface area contributed by atoms with Crippen molar-refractivity contribution < 1.29 is 18.0 Å². The van der Waals surface area contributed by atoms with Gasteiger partial charge < -0.3 is 15.5 Å². The molecule has 2 aromatic rings. The summed E-state index contributed by atoms with van der Waals surface area (Å²) >= 11 is 6.36. The molecule has 4 bridgehead atoms. The molecule has 37 heavy (non-hydrogen) atoms. The third-order valence-electron chi connectivity index (χ3n) is 6.73. The first-order valence-electron chi connectivity index (χ1n) is 12.7. The first-order chi connectivity index (χ1) is 17.9. The number of fused-ring (bicyclic) bond motifs is 4. The van der Waals surface area contributed by atoms with Crippen LogP contribution in [0.2, 0.25) is 5.02 Å².